The molecular weight excluding hydrogens is 189 g/mol. The van der Waals surface area contributed by atoms with Crippen molar-refractivity contribution in [3.63, 3.8) is 0 Å². The van der Waals surface area contributed by atoms with Crippen LogP contribution in [-0.4, -0.2) is 26.0 Å². The van der Waals surface area contributed by atoms with Gasteiger partial charge < -0.3 is 9.47 Å². The molecule has 0 saturated carbocycles. The lowest BCUT2D eigenvalue weighted by Gasteiger charge is -2.05. The van der Waals surface area contributed by atoms with Crippen LogP contribution in [0.3, 0.4) is 0 Å². The highest BCUT2D eigenvalue weighted by molar-refractivity contribution is 5.59. The van der Waals surface area contributed by atoms with E-state index in [1.54, 1.807) is 0 Å². The second-order valence-corrected chi connectivity index (χ2v) is 2.37. The third-order valence-electron chi connectivity index (χ3n) is 1.24. The number of ether oxygens (including phenoxy) is 2. The van der Waals surface area contributed by atoms with Gasteiger partial charge in [-0.3, -0.25) is 0 Å². The summed E-state index contributed by atoms with van der Waals surface area (Å²) in [6.07, 6.45) is -5.70. The monoisotopic (exact) mass is 200 g/mol. The molecule has 0 atom stereocenters. The molecule has 0 aliphatic carbocycles. The molecule has 0 radical (unpaired) electrons. The zero-order valence-corrected chi connectivity index (χ0v) is 7.19. The van der Waals surface area contributed by atoms with Crippen LogP contribution < -0.4 is 0 Å². The molecule has 0 fully saturated rings. The van der Waals surface area contributed by atoms with Crippen LogP contribution in [0.4, 0.5) is 18.0 Å². The van der Waals surface area contributed by atoms with Gasteiger partial charge in [-0.05, 0) is 12.8 Å². The van der Waals surface area contributed by atoms with Crippen LogP contribution in [0.2, 0.25) is 0 Å². The summed E-state index contributed by atoms with van der Waals surface area (Å²) in [5, 5.41) is 0. The fourth-order valence-electron chi connectivity index (χ4n) is 0.642. The Hall–Kier alpha value is -0.940. The first-order chi connectivity index (χ1) is 5.95. The van der Waals surface area contributed by atoms with Crippen LogP contribution in [0.1, 0.15) is 19.3 Å². The topological polar surface area (TPSA) is 35.5 Å². The predicted molar refractivity (Wildman–Crippen MR) is 38.3 cm³/mol. The van der Waals surface area contributed by atoms with Crippen molar-refractivity contribution in [2.24, 2.45) is 0 Å². The van der Waals surface area contributed by atoms with Gasteiger partial charge in [-0.25, -0.2) is 4.79 Å². The van der Waals surface area contributed by atoms with Gasteiger partial charge in [0.1, 0.15) is 0 Å². The smallest absolute Gasteiger partial charge is 0.438 e. The summed E-state index contributed by atoms with van der Waals surface area (Å²) in [5.74, 6) is 0. The number of unbranched alkanes of at least 4 members (excludes halogenated alkanes) is 1. The highest BCUT2D eigenvalue weighted by Crippen LogP contribution is 2.21. The molecule has 0 aliphatic heterocycles. The second-order valence-electron chi connectivity index (χ2n) is 2.37. The molecule has 6 heteroatoms. The summed E-state index contributed by atoms with van der Waals surface area (Å²) in [6, 6.07) is 0. The summed E-state index contributed by atoms with van der Waals surface area (Å²) in [5.41, 5.74) is 0. The number of hydrogen-bond acceptors (Lipinski definition) is 3. The van der Waals surface area contributed by atoms with Crippen molar-refractivity contribution in [2.75, 3.05) is 13.7 Å². The highest BCUT2D eigenvalue weighted by atomic mass is 19.4. The van der Waals surface area contributed by atoms with E-state index in [1.165, 1.54) is 0 Å². The number of rotatable bonds is 4. The average Bonchev–Trinajstić information content (AvgIpc) is 2.01. The van der Waals surface area contributed by atoms with Crippen molar-refractivity contribution in [1.29, 1.82) is 0 Å². The number of halogens is 3. The highest BCUT2D eigenvalue weighted by Gasteiger charge is 2.25. The van der Waals surface area contributed by atoms with Gasteiger partial charge in [-0.1, -0.05) is 0 Å². The molecule has 0 aromatic rings. The van der Waals surface area contributed by atoms with E-state index in [0.717, 1.165) is 7.11 Å². The molecular formula is C7H11F3O3. The van der Waals surface area contributed by atoms with E-state index in [0.29, 0.717) is 0 Å². The molecule has 0 N–H and O–H groups in total. The lowest BCUT2D eigenvalue weighted by molar-refractivity contribution is -0.135. The minimum atomic E-state index is -4.13. The predicted octanol–water partition coefficient (Wildman–Crippen LogP) is 2.50. The Morgan fingerprint density at radius 2 is 1.92 bits per heavy atom. The first-order valence-electron chi connectivity index (χ1n) is 3.73. The standard InChI is InChI=1S/C7H11F3O3/c1-12-6(11)13-5-3-2-4-7(8,9)10/h2-5H2,1H3. The average molecular weight is 200 g/mol. The third kappa shape index (κ3) is 8.97. The molecule has 0 heterocycles. The van der Waals surface area contributed by atoms with E-state index in [4.69, 9.17) is 0 Å². The van der Waals surface area contributed by atoms with Gasteiger partial charge in [0.25, 0.3) is 0 Å². The lowest BCUT2D eigenvalue weighted by atomic mass is 10.2. The number of carbonyl (C=O) groups is 1. The SMILES string of the molecule is COC(=O)OCCCCC(F)(F)F. The largest absolute Gasteiger partial charge is 0.507 e. The van der Waals surface area contributed by atoms with Gasteiger partial charge in [0.15, 0.2) is 0 Å². The van der Waals surface area contributed by atoms with Crippen molar-refractivity contribution >= 4 is 6.16 Å². The van der Waals surface area contributed by atoms with Gasteiger partial charge in [-0.15, -0.1) is 0 Å². The molecule has 0 unspecified atom stereocenters. The Bertz CT molecular complexity index is 156. The van der Waals surface area contributed by atoms with Crippen molar-refractivity contribution in [2.45, 2.75) is 25.4 Å². The van der Waals surface area contributed by atoms with Gasteiger partial charge >= 0.3 is 12.3 Å². The Morgan fingerprint density at radius 1 is 1.31 bits per heavy atom. The van der Waals surface area contributed by atoms with E-state index >= 15 is 0 Å². The minimum Gasteiger partial charge on any atom is -0.438 e. The summed E-state index contributed by atoms with van der Waals surface area (Å²) in [6.45, 7) is -0.0389. The van der Waals surface area contributed by atoms with Gasteiger partial charge in [0.2, 0.25) is 0 Å². The summed E-state index contributed by atoms with van der Waals surface area (Å²) in [4.78, 5) is 10.3. The molecule has 0 aromatic carbocycles. The van der Waals surface area contributed by atoms with Crippen molar-refractivity contribution in [1.82, 2.24) is 0 Å². The number of hydrogen-bond donors (Lipinski definition) is 0. The van der Waals surface area contributed by atoms with E-state index in [9.17, 15) is 18.0 Å². The van der Waals surface area contributed by atoms with Gasteiger partial charge in [0, 0.05) is 6.42 Å². The quantitative estimate of drug-likeness (QED) is 0.516. The van der Waals surface area contributed by atoms with Crippen molar-refractivity contribution in [3.8, 4) is 0 Å². The maximum absolute atomic E-state index is 11.6. The number of carbonyl (C=O) groups excluding carboxylic acids is 1. The summed E-state index contributed by atoms with van der Waals surface area (Å²) >= 11 is 0. The minimum absolute atomic E-state index is 0.0389. The van der Waals surface area contributed by atoms with E-state index < -0.39 is 18.8 Å². The third-order valence-corrected chi connectivity index (χ3v) is 1.24. The van der Waals surface area contributed by atoms with Gasteiger partial charge in [0.05, 0.1) is 13.7 Å². The molecule has 0 aromatic heterocycles. The fraction of sp³-hybridized carbons (Fsp3) is 0.857. The Morgan fingerprint density at radius 3 is 2.38 bits per heavy atom. The molecule has 13 heavy (non-hydrogen) atoms. The van der Waals surface area contributed by atoms with Crippen molar-refractivity contribution in [3.05, 3.63) is 0 Å². The van der Waals surface area contributed by atoms with Crippen LogP contribution >= 0.6 is 0 Å². The zero-order chi connectivity index (χ0) is 10.3. The molecule has 0 amide bonds. The molecule has 3 nitrogen and oxygen atoms in total. The van der Waals surface area contributed by atoms with E-state index in [1.807, 2.05) is 0 Å². The first-order valence-corrected chi connectivity index (χ1v) is 3.73. The summed E-state index contributed by atoms with van der Waals surface area (Å²) < 4.78 is 43.2. The molecule has 0 rings (SSSR count). The Balaban J connectivity index is 3.22. The molecule has 0 spiro atoms. The van der Waals surface area contributed by atoms with Crippen LogP contribution in [0, 0.1) is 0 Å². The Kier molecular flexibility index (Phi) is 5.25. The zero-order valence-electron chi connectivity index (χ0n) is 7.19. The number of methoxy groups -OCH3 is 1. The maximum Gasteiger partial charge on any atom is 0.507 e. The number of alkyl halides is 3. The maximum atomic E-state index is 11.6. The normalized spacial score (nSPS) is 11.1. The fourth-order valence-corrected chi connectivity index (χ4v) is 0.642. The Labute approximate surface area is 73.8 Å². The molecule has 78 valence electrons. The lowest BCUT2D eigenvalue weighted by Crippen LogP contribution is -2.09. The van der Waals surface area contributed by atoms with Crippen LogP contribution in [-0.2, 0) is 9.47 Å². The summed E-state index contributed by atoms with van der Waals surface area (Å²) in [7, 11) is 1.14. The van der Waals surface area contributed by atoms with Crippen LogP contribution in [0.5, 0.6) is 0 Å². The molecule has 0 saturated heterocycles. The van der Waals surface area contributed by atoms with Crippen molar-refractivity contribution < 1.29 is 27.4 Å². The van der Waals surface area contributed by atoms with E-state index in [2.05, 4.69) is 9.47 Å². The van der Waals surface area contributed by atoms with Gasteiger partial charge in [-0.2, -0.15) is 13.2 Å². The van der Waals surface area contributed by atoms with Crippen LogP contribution in [0.15, 0.2) is 0 Å². The molecule has 0 bridgehead atoms. The second kappa shape index (κ2) is 5.66. The first kappa shape index (κ1) is 12.1. The molecule has 0 aliphatic rings. The van der Waals surface area contributed by atoms with E-state index in [-0.39, 0.29) is 19.4 Å². The van der Waals surface area contributed by atoms with Crippen LogP contribution in [0.25, 0.3) is 0 Å².